The highest BCUT2D eigenvalue weighted by Crippen LogP contribution is 2.28. The van der Waals surface area contributed by atoms with E-state index in [1.165, 1.54) is 12.3 Å². The summed E-state index contributed by atoms with van der Waals surface area (Å²) in [5.41, 5.74) is 5.33. The zero-order valence-corrected chi connectivity index (χ0v) is 12.5. The number of nitrogens with two attached hydrogens (primary N) is 1. The molecule has 3 atom stereocenters. The van der Waals surface area contributed by atoms with Crippen LogP contribution in [0.4, 0.5) is 0 Å². The Hall–Kier alpha value is -1.51. The Labute approximate surface area is 123 Å². The first-order valence-corrected chi connectivity index (χ1v) is 8.21. The van der Waals surface area contributed by atoms with Crippen LogP contribution in [-0.2, 0) is 14.8 Å². The quantitative estimate of drug-likeness (QED) is 0.806. The maximum Gasteiger partial charge on any atom is 0.261 e. The number of aliphatic hydroxyl groups is 1. The van der Waals surface area contributed by atoms with Gasteiger partial charge in [0.25, 0.3) is 10.0 Å². The molecule has 1 fully saturated rings. The highest BCUT2D eigenvalue weighted by atomic mass is 32.2. The first-order valence-electron chi connectivity index (χ1n) is 6.77. The van der Waals surface area contributed by atoms with E-state index in [1.807, 2.05) is 0 Å². The van der Waals surface area contributed by atoms with Gasteiger partial charge in [-0.25, -0.2) is 13.4 Å². The summed E-state index contributed by atoms with van der Waals surface area (Å²) in [5, 5.41) is 9.94. The van der Waals surface area contributed by atoms with Crippen molar-refractivity contribution in [2.24, 2.45) is 5.73 Å². The van der Waals surface area contributed by atoms with Crippen molar-refractivity contribution < 1.29 is 18.3 Å². The zero-order chi connectivity index (χ0) is 15.6. The van der Waals surface area contributed by atoms with Crippen LogP contribution in [0.2, 0.25) is 0 Å². The molecule has 1 aromatic heterocycles. The lowest BCUT2D eigenvalue weighted by Crippen LogP contribution is -2.55. The van der Waals surface area contributed by atoms with Crippen LogP contribution in [0.3, 0.4) is 0 Å². The van der Waals surface area contributed by atoms with E-state index >= 15 is 0 Å². The van der Waals surface area contributed by atoms with Gasteiger partial charge in [-0.1, -0.05) is 6.07 Å². The zero-order valence-electron chi connectivity index (χ0n) is 11.7. The number of pyridine rings is 1. The monoisotopic (exact) mass is 313 g/mol. The summed E-state index contributed by atoms with van der Waals surface area (Å²) in [6.07, 6.45) is 1.77. The van der Waals surface area contributed by atoms with Gasteiger partial charge in [-0.3, -0.25) is 4.79 Å². The van der Waals surface area contributed by atoms with Gasteiger partial charge in [0, 0.05) is 12.2 Å². The summed E-state index contributed by atoms with van der Waals surface area (Å²) in [5.74, 6) is -0.851. The van der Waals surface area contributed by atoms with Crippen molar-refractivity contribution in [3.8, 4) is 0 Å². The van der Waals surface area contributed by atoms with E-state index in [0.29, 0.717) is 19.3 Å². The van der Waals surface area contributed by atoms with Crippen LogP contribution in [0.25, 0.3) is 0 Å². The number of aromatic nitrogens is 1. The molecule has 3 N–H and O–H groups in total. The van der Waals surface area contributed by atoms with E-state index in [2.05, 4.69) is 4.98 Å². The largest absolute Gasteiger partial charge is 0.391 e. The number of rotatable bonds is 3. The number of amides is 1. The van der Waals surface area contributed by atoms with Crippen molar-refractivity contribution >= 4 is 15.9 Å². The summed E-state index contributed by atoms with van der Waals surface area (Å²) in [4.78, 5) is 15.5. The maximum absolute atomic E-state index is 12.8. The van der Waals surface area contributed by atoms with Crippen LogP contribution in [0.15, 0.2) is 29.4 Å². The number of sulfonamides is 1. The van der Waals surface area contributed by atoms with Crippen LogP contribution in [0, 0.1) is 0 Å². The van der Waals surface area contributed by atoms with Crippen molar-refractivity contribution in [2.45, 2.75) is 49.4 Å². The van der Waals surface area contributed by atoms with E-state index in [4.69, 9.17) is 5.73 Å². The smallest absolute Gasteiger partial charge is 0.261 e. The molecule has 1 aliphatic heterocycles. The average Bonchev–Trinajstić information content (AvgIpc) is 2.59. The van der Waals surface area contributed by atoms with Crippen molar-refractivity contribution in [3.63, 3.8) is 0 Å². The van der Waals surface area contributed by atoms with Crippen LogP contribution in [-0.4, -0.2) is 46.9 Å². The van der Waals surface area contributed by atoms with Gasteiger partial charge in [0.15, 0.2) is 5.03 Å². The Bertz CT molecular complexity index is 605. The van der Waals surface area contributed by atoms with Gasteiger partial charge in [-0.2, -0.15) is 4.31 Å². The van der Waals surface area contributed by atoms with Crippen molar-refractivity contribution in [2.75, 3.05) is 0 Å². The minimum absolute atomic E-state index is 0.155. The molecule has 21 heavy (non-hydrogen) atoms. The molecule has 7 nitrogen and oxygen atoms in total. The maximum atomic E-state index is 12.8. The predicted molar refractivity (Wildman–Crippen MR) is 75.6 cm³/mol. The number of carbonyl (C=O) groups is 1. The molecule has 0 bridgehead atoms. The third kappa shape index (κ3) is 3.07. The van der Waals surface area contributed by atoms with Crippen LogP contribution >= 0.6 is 0 Å². The van der Waals surface area contributed by atoms with Gasteiger partial charge in [-0.05, 0) is 38.3 Å². The summed E-state index contributed by atoms with van der Waals surface area (Å²) >= 11 is 0. The van der Waals surface area contributed by atoms with Crippen molar-refractivity contribution in [1.29, 1.82) is 0 Å². The van der Waals surface area contributed by atoms with Crippen molar-refractivity contribution in [1.82, 2.24) is 9.29 Å². The molecule has 2 rings (SSSR count). The van der Waals surface area contributed by atoms with E-state index in [1.54, 1.807) is 19.1 Å². The van der Waals surface area contributed by atoms with Crippen molar-refractivity contribution in [3.05, 3.63) is 24.4 Å². The average molecular weight is 313 g/mol. The molecule has 0 saturated carbocycles. The SMILES string of the molecule is C[C@@H]1CCC[C@@H](O)C(C(N)=O)N1S(=O)(=O)c1ccccn1. The Morgan fingerprint density at radius 2 is 2.14 bits per heavy atom. The number of carbonyl (C=O) groups excluding carboxylic acids is 1. The molecule has 0 spiro atoms. The first kappa shape index (κ1) is 15.9. The van der Waals surface area contributed by atoms with Gasteiger partial charge in [-0.15, -0.1) is 0 Å². The second kappa shape index (κ2) is 6.08. The van der Waals surface area contributed by atoms with Gasteiger partial charge in [0.05, 0.1) is 6.10 Å². The van der Waals surface area contributed by atoms with E-state index in [-0.39, 0.29) is 5.03 Å². The minimum Gasteiger partial charge on any atom is -0.391 e. The lowest BCUT2D eigenvalue weighted by Gasteiger charge is -2.33. The fourth-order valence-corrected chi connectivity index (χ4v) is 4.44. The second-order valence-electron chi connectivity index (χ2n) is 5.20. The fourth-order valence-electron chi connectivity index (χ4n) is 2.66. The van der Waals surface area contributed by atoms with E-state index in [0.717, 1.165) is 4.31 Å². The van der Waals surface area contributed by atoms with E-state index < -0.39 is 34.1 Å². The molecule has 1 saturated heterocycles. The van der Waals surface area contributed by atoms with Crippen LogP contribution in [0.1, 0.15) is 26.2 Å². The third-order valence-electron chi connectivity index (χ3n) is 3.67. The topological polar surface area (TPSA) is 114 Å². The van der Waals surface area contributed by atoms with Crippen LogP contribution < -0.4 is 5.73 Å². The Kier molecular flexibility index (Phi) is 4.60. The number of nitrogens with zero attached hydrogens (tertiary/aromatic N) is 2. The number of hydrogen-bond donors (Lipinski definition) is 2. The predicted octanol–water partition coefficient (Wildman–Crippen LogP) is -0.140. The number of aliphatic hydroxyl groups excluding tert-OH is 1. The van der Waals surface area contributed by atoms with Crippen LogP contribution in [0.5, 0.6) is 0 Å². The third-order valence-corrected chi connectivity index (χ3v) is 5.58. The fraction of sp³-hybridized carbons (Fsp3) is 0.538. The van der Waals surface area contributed by atoms with Gasteiger partial charge in [0.1, 0.15) is 6.04 Å². The molecule has 8 heteroatoms. The molecule has 0 radical (unpaired) electrons. The molecule has 116 valence electrons. The summed E-state index contributed by atoms with van der Waals surface area (Å²) in [6.45, 7) is 1.70. The molecule has 1 unspecified atom stereocenters. The molecule has 1 amide bonds. The summed E-state index contributed by atoms with van der Waals surface area (Å²) in [7, 11) is -4.00. The minimum atomic E-state index is -4.00. The summed E-state index contributed by atoms with van der Waals surface area (Å²) in [6, 6.07) is 2.81. The van der Waals surface area contributed by atoms with Gasteiger partial charge < -0.3 is 10.8 Å². The molecule has 1 aromatic rings. The highest BCUT2D eigenvalue weighted by Gasteiger charge is 2.44. The molecule has 0 aromatic carbocycles. The molecular weight excluding hydrogens is 294 g/mol. The normalized spacial score (nSPS) is 28.0. The lowest BCUT2D eigenvalue weighted by atomic mass is 10.1. The molecule has 0 aliphatic carbocycles. The molecule has 1 aliphatic rings. The van der Waals surface area contributed by atoms with Gasteiger partial charge in [0.2, 0.25) is 5.91 Å². The number of primary amides is 1. The van der Waals surface area contributed by atoms with Gasteiger partial charge >= 0.3 is 0 Å². The van der Waals surface area contributed by atoms with E-state index in [9.17, 15) is 18.3 Å². The highest BCUT2D eigenvalue weighted by molar-refractivity contribution is 7.89. The second-order valence-corrected chi connectivity index (χ2v) is 6.99. The summed E-state index contributed by atoms with van der Waals surface area (Å²) < 4.78 is 26.5. The lowest BCUT2D eigenvalue weighted by molar-refractivity contribution is -0.125. The Balaban J connectivity index is 2.52. The Morgan fingerprint density at radius 1 is 1.43 bits per heavy atom. The number of hydrogen-bond acceptors (Lipinski definition) is 5. The first-order chi connectivity index (χ1) is 9.85. The molecular formula is C13H19N3O4S. The standard InChI is InChI=1S/C13H19N3O4S/c1-9-5-4-6-10(17)12(13(14)18)16(9)21(19,20)11-7-2-3-8-15-11/h2-3,7-10,12,17H,4-6H2,1H3,(H2,14,18)/t9-,10-,12?/m1/s1. The molecule has 2 heterocycles. The Morgan fingerprint density at radius 3 is 2.71 bits per heavy atom.